The maximum absolute atomic E-state index is 13.8. The SMILES string of the molecule is C[C@H](NC(=O)[C@H](CO)NC(=O)[C@H](CCC(=O)O)NC(=O)[C@H](Cc1c[nH]c2ccccc12)NC(=O)[C@@H](N)Cc1cnc[nH]1)C(=O)N[C@@H](CO)C(=O)O. The summed E-state index contributed by atoms with van der Waals surface area (Å²) in [6, 6.07) is -1.57. The molecule has 20 nitrogen and oxygen atoms in total. The van der Waals surface area contributed by atoms with E-state index in [2.05, 4.69) is 36.2 Å². The van der Waals surface area contributed by atoms with Crippen LogP contribution in [0.25, 0.3) is 10.9 Å². The second-order valence-electron chi connectivity index (χ2n) is 11.6. The van der Waals surface area contributed by atoms with E-state index in [1.807, 2.05) is 11.4 Å². The number of carboxylic acid groups (broad SMARTS) is 2. The summed E-state index contributed by atoms with van der Waals surface area (Å²) < 4.78 is 0. The summed E-state index contributed by atoms with van der Waals surface area (Å²) in [5.41, 5.74) is 8.04. The number of carboxylic acids is 2. The number of aliphatic hydroxyl groups excluding tert-OH is 2. The summed E-state index contributed by atoms with van der Waals surface area (Å²) in [6.45, 7) is -0.739. The minimum atomic E-state index is -1.70. The van der Waals surface area contributed by atoms with Crippen LogP contribution in [0, 0.1) is 0 Å². The predicted octanol–water partition coefficient (Wildman–Crippen LogP) is -3.62. The first-order valence-corrected chi connectivity index (χ1v) is 15.7. The Morgan fingerprint density at radius 3 is 2.00 bits per heavy atom. The fraction of sp³-hybridized carbons (Fsp3) is 0.419. The van der Waals surface area contributed by atoms with Gasteiger partial charge in [0.05, 0.1) is 25.6 Å². The van der Waals surface area contributed by atoms with Gasteiger partial charge in [-0.25, -0.2) is 9.78 Å². The molecule has 0 saturated carbocycles. The summed E-state index contributed by atoms with van der Waals surface area (Å²) in [7, 11) is 0. The average Bonchev–Trinajstić information content (AvgIpc) is 3.76. The number of fused-ring (bicyclic) bond motifs is 1. The van der Waals surface area contributed by atoms with E-state index in [1.165, 1.54) is 19.4 Å². The second kappa shape index (κ2) is 18.8. The zero-order valence-corrected chi connectivity index (χ0v) is 27.4. The van der Waals surface area contributed by atoms with Gasteiger partial charge in [-0.1, -0.05) is 18.2 Å². The molecule has 0 aliphatic carbocycles. The number of hydrogen-bond acceptors (Lipinski definition) is 11. The van der Waals surface area contributed by atoms with Gasteiger partial charge in [0.1, 0.15) is 30.2 Å². The number of nitrogens with zero attached hydrogens (tertiary/aromatic N) is 1. The van der Waals surface area contributed by atoms with Crippen molar-refractivity contribution >= 4 is 52.4 Å². The standard InChI is InChI=1S/C31H41N9O11/c1-15(26(45)40-24(13-42)31(50)51)36-30(49)23(12-41)39-28(47)21(6-7-25(43)44)37-29(48)22(8-16-10-34-20-5-3-2-4-18(16)20)38-27(46)19(32)9-17-11-33-14-35-17/h2-5,10-11,14-15,19,21-24,34,41-42H,6-9,12-13,32H2,1H3,(H,33,35)(H,36,49)(H,37,48)(H,38,46)(H,39,47)(H,40,45)(H,43,44)(H,50,51)/t15-,19-,21-,22-,23-,24-/m0/s1. The number of nitrogens with two attached hydrogens (primary N) is 1. The molecule has 0 radical (unpaired) electrons. The zero-order chi connectivity index (χ0) is 37.7. The number of para-hydroxylation sites is 1. The molecule has 3 rings (SSSR count). The van der Waals surface area contributed by atoms with Crippen molar-refractivity contribution in [2.24, 2.45) is 5.73 Å². The van der Waals surface area contributed by atoms with Gasteiger partial charge in [-0.05, 0) is 25.0 Å². The van der Waals surface area contributed by atoms with Gasteiger partial charge in [0.15, 0.2) is 0 Å². The molecule has 0 aliphatic heterocycles. The molecule has 1 aromatic carbocycles. The maximum atomic E-state index is 13.8. The topological polar surface area (TPSA) is 331 Å². The molecule has 0 spiro atoms. The molecular weight excluding hydrogens is 674 g/mol. The van der Waals surface area contributed by atoms with Gasteiger partial charge >= 0.3 is 11.9 Å². The van der Waals surface area contributed by atoms with Crippen molar-refractivity contribution in [1.29, 1.82) is 0 Å². The third-order valence-electron chi connectivity index (χ3n) is 7.71. The summed E-state index contributed by atoms with van der Waals surface area (Å²) in [4.78, 5) is 97.7. The Hall–Kier alpha value is -5.86. The number of aromatic amines is 2. The number of nitrogens with one attached hydrogen (secondary N) is 7. The molecular formula is C31H41N9O11. The van der Waals surface area contributed by atoms with Crippen molar-refractivity contribution in [3.8, 4) is 0 Å². The third-order valence-corrected chi connectivity index (χ3v) is 7.71. The van der Waals surface area contributed by atoms with Gasteiger partial charge in [0.2, 0.25) is 29.5 Å². The molecule has 51 heavy (non-hydrogen) atoms. The van der Waals surface area contributed by atoms with Crippen LogP contribution in [0.3, 0.4) is 0 Å². The van der Waals surface area contributed by atoms with Crippen LogP contribution in [-0.2, 0) is 46.4 Å². The monoisotopic (exact) mass is 715 g/mol. The van der Waals surface area contributed by atoms with Gasteiger partial charge < -0.3 is 62.7 Å². The van der Waals surface area contributed by atoms with Crippen LogP contribution in [0.5, 0.6) is 0 Å². The van der Waals surface area contributed by atoms with Gasteiger partial charge in [-0.2, -0.15) is 0 Å². The van der Waals surface area contributed by atoms with E-state index >= 15 is 0 Å². The molecule has 13 N–H and O–H groups in total. The van der Waals surface area contributed by atoms with Crippen LogP contribution in [0.15, 0.2) is 43.0 Å². The lowest BCUT2D eigenvalue weighted by Crippen LogP contribution is -2.60. The number of carbonyl (C=O) groups is 7. The lowest BCUT2D eigenvalue weighted by molar-refractivity contribution is -0.143. The maximum Gasteiger partial charge on any atom is 0.328 e. The minimum Gasteiger partial charge on any atom is -0.481 e. The highest BCUT2D eigenvalue weighted by Crippen LogP contribution is 2.19. The van der Waals surface area contributed by atoms with Gasteiger partial charge in [-0.3, -0.25) is 28.8 Å². The van der Waals surface area contributed by atoms with E-state index in [-0.39, 0.29) is 12.8 Å². The summed E-state index contributed by atoms with van der Waals surface area (Å²) in [5.74, 6) is -7.58. The Balaban J connectivity index is 1.78. The molecule has 0 fully saturated rings. The molecule has 0 saturated heterocycles. The first-order valence-electron chi connectivity index (χ1n) is 15.7. The number of carbonyl (C=O) groups excluding carboxylic acids is 5. The molecule has 0 unspecified atom stereocenters. The largest absolute Gasteiger partial charge is 0.481 e. The number of rotatable bonds is 20. The number of H-pyrrole nitrogens is 2. The number of aromatic nitrogens is 3. The Kier molecular flexibility index (Phi) is 14.6. The molecule has 2 aromatic heterocycles. The smallest absolute Gasteiger partial charge is 0.328 e. The number of aliphatic hydroxyl groups is 2. The number of benzene rings is 1. The first-order chi connectivity index (χ1) is 24.2. The van der Waals surface area contributed by atoms with Crippen molar-refractivity contribution in [2.45, 2.75) is 68.9 Å². The highest BCUT2D eigenvalue weighted by atomic mass is 16.4. The van der Waals surface area contributed by atoms with Crippen LogP contribution in [0.1, 0.15) is 31.0 Å². The molecule has 0 aliphatic rings. The Morgan fingerprint density at radius 2 is 1.37 bits per heavy atom. The van der Waals surface area contributed by atoms with E-state index < -0.39 is 104 Å². The van der Waals surface area contributed by atoms with Crippen LogP contribution in [0.4, 0.5) is 0 Å². The molecule has 276 valence electrons. The van der Waals surface area contributed by atoms with Crippen LogP contribution in [0.2, 0.25) is 0 Å². The average molecular weight is 716 g/mol. The van der Waals surface area contributed by atoms with Crippen molar-refractivity contribution in [1.82, 2.24) is 41.5 Å². The fourth-order valence-corrected chi connectivity index (χ4v) is 4.87. The van der Waals surface area contributed by atoms with Crippen LogP contribution < -0.4 is 32.3 Å². The Bertz CT molecular complexity index is 1690. The fourth-order valence-electron chi connectivity index (χ4n) is 4.87. The number of aliphatic carboxylic acids is 2. The van der Waals surface area contributed by atoms with E-state index in [9.17, 15) is 43.8 Å². The van der Waals surface area contributed by atoms with Crippen molar-refractivity contribution in [3.63, 3.8) is 0 Å². The summed E-state index contributed by atoms with van der Waals surface area (Å²) in [5, 5.41) is 49.5. The molecule has 20 heteroatoms. The van der Waals surface area contributed by atoms with Gasteiger partial charge in [0, 0.05) is 48.3 Å². The molecule has 0 bridgehead atoms. The van der Waals surface area contributed by atoms with Crippen LogP contribution in [-0.4, -0.2) is 126 Å². The number of imidazole rings is 1. The highest BCUT2D eigenvalue weighted by molar-refractivity contribution is 5.97. The molecule has 6 atom stereocenters. The summed E-state index contributed by atoms with van der Waals surface area (Å²) >= 11 is 0. The Morgan fingerprint density at radius 1 is 0.765 bits per heavy atom. The van der Waals surface area contributed by atoms with E-state index in [1.54, 1.807) is 24.4 Å². The van der Waals surface area contributed by atoms with E-state index in [0.29, 0.717) is 11.3 Å². The number of amides is 5. The zero-order valence-electron chi connectivity index (χ0n) is 27.4. The van der Waals surface area contributed by atoms with Crippen LogP contribution >= 0.6 is 0 Å². The van der Waals surface area contributed by atoms with E-state index in [0.717, 1.165) is 10.9 Å². The number of hydrogen-bond donors (Lipinski definition) is 12. The van der Waals surface area contributed by atoms with Crippen molar-refractivity contribution in [2.75, 3.05) is 13.2 Å². The molecule has 3 aromatic rings. The minimum absolute atomic E-state index is 0.0589. The molecule has 5 amide bonds. The first kappa shape index (κ1) is 39.6. The lowest BCUT2D eigenvalue weighted by atomic mass is 10.0. The molecule has 2 heterocycles. The normalized spacial score (nSPS) is 14.6. The third kappa shape index (κ3) is 11.6. The predicted molar refractivity (Wildman–Crippen MR) is 176 cm³/mol. The quantitative estimate of drug-likeness (QED) is 0.0538. The summed E-state index contributed by atoms with van der Waals surface area (Å²) in [6.07, 6.45) is 3.46. The highest BCUT2D eigenvalue weighted by Gasteiger charge is 2.32. The van der Waals surface area contributed by atoms with E-state index in [4.69, 9.17) is 15.9 Å². The van der Waals surface area contributed by atoms with Crippen molar-refractivity contribution in [3.05, 3.63) is 54.2 Å². The lowest BCUT2D eigenvalue weighted by Gasteiger charge is -2.26. The Labute approximate surface area is 290 Å². The van der Waals surface area contributed by atoms with Gasteiger partial charge in [-0.15, -0.1) is 0 Å². The second-order valence-corrected chi connectivity index (χ2v) is 11.6. The van der Waals surface area contributed by atoms with Crippen molar-refractivity contribution < 1.29 is 54.0 Å². The van der Waals surface area contributed by atoms with Gasteiger partial charge in [0.25, 0.3) is 0 Å².